The first kappa shape index (κ1) is 20.8. The Morgan fingerprint density at radius 2 is 1.90 bits per heavy atom. The summed E-state index contributed by atoms with van der Waals surface area (Å²) < 4.78 is 5.07. The number of esters is 1. The number of carbonyl (C=O) groups excluding carboxylic acids is 4. The molecule has 1 aliphatic heterocycles. The van der Waals surface area contributed by atoms with Crippen molar-refractivity contribution in [3.05, 3.63) is 50.9 Å². The fourth-order valence-corrected chi connectivity index (χ4v) is 5.07. The Bertz CT molecular complexity index is 1160. The monoisotopic (exact) mass is 437 g/mol. The van der Waals surface area contributed by atoms with E-state index < -0.39 is 30.3 Å². The predicted octanol–water partition coefficient (Wildman–Crippen LogP) is 2.91. The lowest BCUT2D eigenvalue weighted by Crippen LogP contribution is -2.24. The molecule has 1 aromatic heterocycles. The minimum Gasteiger partial charge on any atom is -0.452 e. The molecule has 3 amide bonds. The van der Waals surface area contributed by atoms with Crippen LogP contribution in [0.3, 0.4) is 0 Å². The van der Waals surface area contributed by atoms with Crippen LogP contribution in [0.1, 0.15) is 66.3 Å². The van der Waals surface area contributed by atoms with Gasteiger partial charge in [-0.1, -0.05) is 6.42 Å². The van der Waals surface area contributed by atoms with Crippen LogP contribution in [-0.4, -0.2) is 42.2 Å². The van der Waals surface area contributed by atoms with Crippen molar-refractivity contribution < 1.29 is 23.9 Å². The highest BCUT2D eigenvalue weighted by Gasteiger charge is 2.33. The molecule has 4 rings (SSSR count). The average molecular weight is 437 g/mol. The van der Waals surface area contributed by atoms with Gasteiger partial charge in [0.05, 0.1) is 22.3 Å². The maximum atomic E-state index is 12.3. The predicted molar refractivity (Wildman–Crippen MR) is 112 cm³/mol. The van der Waals surface area contributed by atoms with Crippen molar-refractivity contribution in [2.24, 2.45) is 0 Å². The van der Waals surface area contributed by atoms with Crippen LogP contribution in [0.2, 0.25) is 0 Å². The number of imide groups is 1. The van der Waals surface area contributed by atoms with Crippen LogP contribution in [0.5, 0.6) is 0 Å². The van der Waals surface area contributed by atoms with E-state index in [0.717, 1.165) is 47.4 Å². The van der Waals surface area contributed by atoms with Crippen LogP contribution >= 0.6 is 11.3 Å². The Morgan fingerprint density at radius 3 is 2.68 bits per heavy atom. The number of fused-ring (bicyclic) bond motifs is 2. The molecule has 0 radical (unpaired) electrons. The molecule has 1 N–H and O–H groups in total. The van der Waals surface area contributed by atoms with Gasteiger partial charge in [-0.3, -0.25) is 19.3 Å². The molecule has 158 valence electrons. The minimum absolute atomic E-state index is 0.0727. The molecule has 0 atom stereocenters. The van der Waals surface area contributed by atoms with E-state index in [-0.39, 0.29) is 16.7 Å². The Balaban J connectivity index is 1.41. The van der Waals surface area contributed by atoms with Crippen molar-refractivity contribution in [2.75, 3.05) is 19.0 Å². The van der Waals surface area contributed by atoms with Gasteiger partial charge in [0.1, 0.15) is 11.1 Å². The number of nitrogens with one attached hydrogen (secondary N) is 1. The third-order valence-corrected chi connectivity index (χ3v) is 6.65. The van der Waals surface area contributed by atoms with E-state index >= 15 is 0 Å². The van der Waals surface area contributed by atoms with E-state index in [2.05, 4.69) is 11.4 Å². The molecular formula is C22H19N3O5S. The van der Waals surface area contributed by atoms with E-state index in [1.807, 2.05) is 0 Å². The first-order valence-corrected chi connectivity index (χ1v) is 10.7. The number of thiophene rings is 1. The lowest BCUT2D eigenvalue weighted by Gasteiger charge is -2.07. The molecular weight excluding hydrogens is 418 g/mol. The minimum atomic E-state index is -0.782. The Morgan fingerprint density at radius 1 is 1.16 bits per heavy atom. The Labute approximate surface area is 182 Å². The van der Waals surface area contributed by atoms with Crippen LogP contribution in [0, 0.1) is 11.3 Å². The van der Waals surface area contributed by atoms with Gasteiger partial charge in [-0.15, -0.1) is 11.3 Å². The van der Waals surface area contributed by atoms with Crippen LogP contribution < -0.4 is 5.32 Å². The molecule has 0 spiro atoms. The summed E-state index contributed by atoms with van der Waals surface area (Å²) in [5.74, 6) is -2.25. The fraction of sp³-hybridized carbons (Fsp3) is 0.318. The van der Waals surface area contributed by atoms with Gasteiger partial charge < -0.3 is 10.1 Å². The van der Waals surface area contributed by atoms with Crippen molar-refractivity contribution in [3.8, 4) is 6.07 Å². The molecule has 8 nitrogen and oxygen atoms in total. The number of nitrogens with zero attached hydrogens (tertiary/aromatic N) is 2. The van der Waals surface area contributed by atoms with E-state index in [1.165, 1.54) is 36.6 Å². The van der Waals surface area contributed by atoms with Crippen molar-refractivity contribution in [2.45, 2.75) is 32.1 Å². The van der Waals surface area contributed by atoms with Gasteiger partial charge in [-0.25, -0.2) is 4.79 Å². The normalized spacial score (nSPS) is 15.0. The van der Waals surface area contributed by atoms with Gasteiger partial charge in [-0.05, 0) is 49.4 Å². The number of benzene rings is 1. The molecule has 1 aliphatic carbocycles. The lowest BCUT2D eigenvalue weighted by molar-refractivity contribution is -0.119. The third-order valence-electron chi connectivity index (χ3n) is 5.45. The molecule has 0 bridgehead atoms. The summed E-state index contributed by atoms with van der Waals surface area (Å²) in [5.41, 5.74) is 1.93. The SMILES string of the molecule is CN1C(=O)c2ccc(C(=O)OCC(=O)Nc3sc4c(c3C#N)CCCCC4)cc2C1=O. The first-order valence-electron chi connectivity index (χ1n) is 9.88. The van der Waals surface area contributed by atoms with Crippen LogP contribution in [-0.2, 0) is 22.4 Å². The number of carbonyl (C=O) groups is 4. The molecule has 9 heteroatoms. The number of rotatable bonds is 4. The third kappa shape index (κ3) is 3.82. The van der Waals surface area contributed by atoms with E-state index in [1.54, 1.807) is 0 Å². The summed E-state index contributed by atoms with van der Waals surface area (Å²) in [6.07, 6.45) is 4.94. The molecule has 2 aliphatic rings. The second-order valence-corrected chi connectivity index (χ2v) is 8.54. The fourth-order valence-electron chi connectivity index (χ4n) is 3.81. The topological polar surface area (TPSA) is 117 Å². The first-order chi connectivity index (χ1) is 14.9. The maximum absolute atomic E-state index is 12.3. The van der Waals surface area contributed by atoms with Gasteiger partial charge in [0, 0.05) is 11.9 Å². The summed E-state index contributed by atoms with van der Waals surface area (Å²) in [6, 6.07) is 6.26. The zero-order valence-electron chi connectivity index (χ0n) is 16.8. The molecule has 0 unspecified atom stereocenters. The number of aryl methyl sites for hydroxylation is 1. The van der Waals surface area contributed by atoms with Crippen LogP contribution in [0.25, 0.3) is 0 Å². The average Bonchev–Trinajstić information content (AvgIpc) is 3.07. The van der Waals surface area contributed by atoms with Gasteiger partial charge in [-0.2, -0.15) is 5.26 Å². The van der Waals surface area contributed by atoms with Crippen molar-refractivity contribution in [1.29, 1.82) is 5.26 Å². The number of anilines is 1. The van der Waals surface area contributed by atoms with Crippen molar-refractivity contribution >= 4 is 40.0 Å². The number of amides is 3. The smallest absolute Gasteiger partial charge is 0.338 e. The summed E-state index contributed by atoms with van der Waals surface area (Å²) in [7, 11) is 1.37. The standard InChI is InChI=1S/C22H19N3O5S/c1-25-20(27)14-8-7-12(9-15(14)21(25)28)22(29)30-11-18(26)24-19-16(10-23)13-5-3-2-4-6-17(13)31-19/h7-9H,2-6,11H2,1H3,(H,24,26). The van der Waals surface area contributed by atoms with Crippen molar-refractivity contribution in [1.82, 2.24) is 4.90 Å². The highest BCUT2D eigenvalue weighted by Crippen LogP contribution is 2.37. The van der Waals surface area contributed by atoms with Gasteiger partial charge in [0.15, 0.2) is 6.61 Å². The zero-order chi connectivity index (χ0) is 22.1. The van der Waals surface area contributed by atoms with Crippen LogP contribution in [0.15, 0.2) is 18.2 Å². The van der Waals surface area contributed by atoms with E-state index in [9.17, 15) is 24.4 Å². The summed E-state index contributed by atoms with van der Waals surface area (Å²) in [6.45, 7) is -0.532. The molecule has 2 heterocycles. The summed E-state index contributed by atoms with van der Waals surface area (Å²) in [5, 5.41) is 12.7. The summed E-state index contributed by atoms with van der Waals surface area (Å²) in [4.78, 5) is 50.8. The number of hydrogen-bond donors (Lipinski definition) is 1. The molecule has 0 saturated carbocycles. The number of nitriles is 1. The lowest BCUT2D eigenvalue weighted by atomic mass is 10.1. The van der Waals surface area contributed by atoms with Gasteiger partial charge in [0.2, 0.25) is 0 Å². The largest absolute Gasteiger partial charge is 0.452 e. The molecule has 2 aromatic rings. The Kier molecular flexibility index (Phi) is 5.57. The second-order valence-electron chi connectivity index (χ2n) is 7.43. The quantitative estimate of drug-likeness (QED) is 0.447. The summed E-state index contributed by atoms with van der Waals surface area (Å²) >= 11 is 1.40. The van der Waals surface area contributed by atoms with Gasteiger partial charge in [0.25, 0.3) is 17.7 Å². The van der Waals surface area contributed by atoms with Crippen LogP contribution in [0.4, 0.5) is 5.00 Å². The number of hydrogen-bond acceptors (Lipinski definition) is 7. The molecule has 0 fully saturated rings. The maximum Gasteiger partial charge on any atom is 0.338 e. The zero-order valence-corrected chi connectivity index (χ0v) is 17.6. The second kappa shape index (κ2) is 8.32. The van der Waals surface area contributed by atoms with Crippen molar-refractivity contribution in [3.63, 3.8) is 0 Å². The molecule has 1 aromatic carbocycles. The molecule has 0 saturated heterocycles. The van der Waals surface area contributed by atoms with E-state index in [4.69, 9.17) is 4.74 Å². The van der Waals surface area contributed by atoms with E-state index in [0.29, 0.717) is 10.6 Å². The highest BCUT2D eigenvalue weighted by atomic mass is 32.1. The Hall–Kier alpha value is -3.51. The highest BCUT2D eigenvalue weighted by molar-refractivity contribution is 7.16. The number of ether oxygens (including phenoxy) is 1. The van der Waals surface area contributed by atoms with Gasteiger partial charge >= 0.3 is 5.97 Å². The molecule has 31 heavy (non-hydrogen) atoms.